The van der Waals surface area contributed by atoms with Crippen LogP contribution in [0.5, 0.6) is 0 Å². The number of ether oxygens (including phenoxy) is 2. The SMILES string of the molecule is CCOC(CC1C(=O)CCCC1c1cc(F)cc(F)c1)OC. The van der Waals surface area contributed by atoms with Crippen molar-refractivity contribution in [3.8, 4) is 0 Å². The van der Waals surface area contributed by atoms with E-state index in [0.29, 0.717) is 25.0 Å². The lowest BCUT2D eigenvalue weighted by Crippen LogP contribution is -2.32. The summed E-state index contributed by atoms with van der Waals surface area (Å²) in [7, 11) is 1.53. The number of rotatable bonds is 6. The van der Waals surface area contributed by atoms with Gasteiger partial charge in [0.25, 0.3) is 0 Å². The van der Waals surface area contributed by atoms with Crippen molar-refractivity contribution in [2.45, 2.75) is 44.8 Å². The summed E-state index contributed by atoms with van der Waals surface area (Å²) >= 11 is 0. The van der Waals surface area contributed by atoms with Crippen molar-refractivity contribution < 1.29 is 23.0 Å². The third-order valence-electron chi connectivity index (χ3n) is 4.21. The van der Waals surface area contributed by atoms with Gasteiger partial charge in [0.15, 0.2) is 6.29 Å². The van der Waals surface area contributed by atoms with Gasteiger partial charge in [0, 0.05) is 38.5 Å². The first kappa shape index (κ1) is 17.0. The molecule has 1 saturated carbocycles. The van der Waals surface area contributed by atoms with Crippen LogP contribution in [0.2, 0.25) is 0 Å². The maximum Gasteiger partial charge on any atom is 0.157 e. The van der Waals surface area contributed by atoms with E-state index in [9.17, 15) is 13.6 Å². The fourth-order valence-corrected chi connectivity index (χ4v) is 3.22. The molecule has 3 atom stereocenters. The molecule has 0 bridgehead atoms. The minimum Gasteiger partial charge on any atom is -0.356 e. The number of benzene rings is 1. The van der Waals surface area contributed by atoms with Gasteiger partial charge >= 0.3 is 0 Å². The molecule has 0 N–H and O–H groups in total. The van der Waals surface area contributed by atoms with Gasteiger partial charge in [0.1, 0.15) is 17.4 Å². The normalized spacial score (nSPS) is 23.5. The second-order valence-electron chi connectivity index (χ2n) is 5.63. The quantitative estimate of drug-likeness (QED) is 0.749. The van der Waals surface area contributed by atoms with Crippen molar-refractivity contribution in [2.75, 3.05) is 13.7 Å². The molecule has 3 nitrogen and oxygen atoms in total. The van der Waals surface area contributed by atoms with Gasteiger partial charge in [-0.15, -0.1) is 0 Å². The molecule has 1 aromatic carbocycles. The Balaban J connectivity index is 2.24. The standard InChI is InChI=1S/C17H22F2O3/c1-3-22-17(21-2)10-15-14(5-4-6-16(15)20)11-7-12(18)9-13(19)8-11/h7-9,14-15,17H,3-6,10H2,1-2H3. The zero-order valence-corrected chi connectivity index (χ0v) is 13.0. The summed E-state index contributed by atoms with van der Waals surface area (Å²) in [5.41, 5.74) is 0.543. The second kappa shape index (κ2) is 7.79. The summed E-state index contributed by atoms with van der Waals surface area (Å²) in [6.07, 6.45) is 1.91. The largest absolute Gasteiger partial charge is 0.356 e. The molecule has 1 aromatic rings. The zero-order chi connectivity index (χ0) is 16.1. The fraction of sp³-hybridized carbons (Fsp3) is 0.588. The number of carbonyl (C=O) groups is 1. The second-order valence-corrected chi connectivity index (χ2v) is 5.63. The van der Waals surface area contributed by atoms with Gasteiger partial charge in [-0.2, -0.15) is 0 Å². The fourth-order valence-electron chi connectivity index (χ4n) is 3.22. The number of ketones is 1. The van der Waals surface area contributed by atoms with Crippen LogP contribution in [0.1, 0.15) is 44.1 Å². The van der Waals surface area contributed by atoms with Crippen molar-refractivity contribution >= 4 is 5.78 Å². The van der Waals surface area contributed by atoms with Gasteiger partial charge < -0.3 is 9.47 Å². The Hall–Kier alpha value is -1.33. The molecule has 3 unspecified atom stereocenters. The van der Waals surface area contributed by atoms with Gasteiger partial charge in [0.2, 0.25) is 0 Å². The molecule has 0 radical (unpaired) electrons. The predicted octanol–water partition coefficient (Wildman–Crippen LogP) is 3.82. The van der Waals surface area contributed by atoms with Crippen molar-refractivity contribution in [1.29, 1.82) is 0 Å². The number of halogens is 2. The maximum atomic E-state index is 13.5. The number of methoxy groups -OCH3 is 1. The van der Waals surface area contributed by atoms with Gasteiger partial charge in [-0.3, -0.25) is 4.79 Å². The first-order chi connectivity index (χ1) is 10.5. The van der Waals surface area contributed by atoms with Crippen LogP contribution in [0, 0.1) is 17.6 Å². The molecule has 0 spiro atoms. The number of Topliss-reactive ketones (excluding diaryl/α,β-unsaturated/α-hetero) is 1. The summed E-state index contributed by atoms with van der Waals surface area (Å²) in [6.45, 7) is 2.34. The van der Waals surface area contributed by atoms with E-state index in [1.54, 1.807) is 0 Å². The Labute approximate surface area is 129 Å². The third-order valence-corrected chi connectivity index (χ3v) is 4.21. The molecule has 22 heavy (non-hydrogen) atoms. The Kier molecular flexibility index (Phi) is 6.03. The van der Waals surface area contributed by atoms with Crippen LogP contribution >= 0.6 is 0 Å². The highest BCUT2D eigenvalue weighted by Gasteiger charge is 2.35. The molecule has 0 aromatic heterocycles. The number of hydrogen-bond acceptors (Lipinski definition) is 3. The minimum absolute atomic E-state index is 0.114. The van der Waals surface area contributed by atoms with Crippen LogP contribution in [0.4, 0.5) is 8.78 Å². The molecule has 122 valence electrons. The number of carbonyl (C=O) groups excluding carboxylic acids is 1. The maximum absolute atomic E-state index is 13.5. The summed E-state index contributed by atoms with van der Waals surface area (Å²) in [6, 6.07) is 3.49. The van der Waals surface area contributed by atoms with E-state index in [2.05, 4.69) is 0 Å². The molecule has 2 rings (SSSR count). The molecule has 0 aliphatic heterocycles. The van der Waals surface area contributed by atoms with E-state index >= 15 is 0 Å². The summed E-state index contributed by atoms with van der Waals surface area (Å²) in [4.78, 5) is 12.3. The molecule has 0 amide bonds. The van der Waals surface area contributed by atoms with E-state index < -0.39 is 17.9 Å². The highest BCUT2D eigenvalue weighted by molar-refractivity contribution is 5.82. The van der Waals surface area contributed by atoms with Crippen LogP contribution in [0.25, 0.3) is 0 Å². The van der Waals surface area contributed by atoms with E-state index in [0.717, 1.165) is 18.9 Å². The van der Waals surface area contributed by atoms with Gasteiger partial charge in [0.05, 0.1) is 0 Å². The summed E-state index contributed by atoms with van der Waals surface area (Å²) in [5.74, 6) is -1.63. The van der Waals surface area contributed by atoms with Crippen LogP contribution in [-0.4, -0.2) is 25.8 Å². The molecule has 1 aliphatic rings. The predicted molar refractivity (Wildman–Crippen MR) is 78.5 cm³/mol. The van der Waals surface area contributed by atoms with E-state index in [1.165, 1.54) is 19.2 Å². The molecule has 1 fully saturated rings. The number of hydrogen-bond donors (Lipinski definition) is 0. The Morgan fingerprint density at radius 2 is 1.95 bits per heavy atom. The average Bonchev–Trinajstić information content (AvgIpc) is 2.47. The lowest BCUT2D eigenvalue weighted by Gasteiger charge is -2.32. The van der Waals surface area contributed by atoms with Gasteiger partial charge in [-0.1, -0.05) is 0 Å². The molecule has 0 heterocycles. The Morgan fingerprint density at radius 1 is 1.27 bits per heavy atom. The van der Waals surface area contributed by atoms with Gasteiger partial charge in [-0.05, 0) is 43.4 Å². The smallest absolute Gasteiger partial charge is 0.157 e. The minimum atomic E-state index is -0.611. The van der Waals surface area contributed by atoms with Crippen LogP contribution in [0.3, 0.4) is 0 Å². The molecular weight excluding hydrogens is 290 g/mol. The van der Waals surface area contributed by atoms with Crippen LogP contribution < -0.4 is 0 Å². The lowest BCUT2D eigenvalue weighted by molar-refractivity contribution is -0.145. The third kappa shape index (κ3) is 4.11. The lowest BCUT2D eigenvalue weighted by atomic mass is 9.73. The zero-order valence-electron chi connectivity index (χ0n) is 13.0. The molecule has 1 aliphatic carbocycles. The Morgan fingerprint density at radius 3 is 2.55 bits per heavy atom. The van der Waals surface area contributed by atoms with E-state index in [-0.39, 0.29) is 17.6 Å². The van der Waals surface area contributed by atoms with E-state index in [1.807, 2.05) is 6.92 Å². The average molecular weight is 312 g/mol. The van der Waals surface area contributed by atoms with Crippen molar-refractivity contribution in [2.24, 2.45) is 5.92 Å². The monoisotopic (exact) mass is 312 g/mol. The van der Waals surface area contributed by atoms with Gasteiger partial charge in [-0.25, -0.2) is 8.78 Å². The first-order valence-corrected chi connectivity index (χ1v) is 7.68. The van der Waals surface area contributed by atoms with Crippen molar-refractivity contribution in [3.63, 3.8) is 0 Å². The highest BCUT2D eigenvalue weighted by atomic mass is 19.1. The first-order valence-electron chi connectivity index (χ1n) is 7.68. The topological polar surface area (TPSA) is 35.5 Å². The molecule has 0 saturated heterocycles. The highest BCUT2D eigenvalue weighted by Crippen LogP contribution is 2.39. The van der Waals surface area contributed by atoms with E-state index in [4.69, 9.17) is 9.47 Å². The van der Waals surface area contributed by atoms with Crippen molar-refractivity contribution in [1.82, 2.24) is 0 Å². The summed E-state index contributed by atoms with van der Waals surface area (Å²) in [5, 5.41) is 0. The van der Waals surface area contributed by atoms with Crippen molar-refractivity contribution in [3.05, 3.63) is 35.4 Å². The summed E-state index contributed by atoms with van der Waals surface area (Å²) < 4.78 is 37.7. The van der Waals surface area contributed by atoms with Crippen LogP contribution in [0.15, 0.2) is 18.2 Å². The molecular formula is C17H22F2O3. The Bertz CT molecular complexity index is 498. The van der Waals surface area contributed by atoms with Crippen LogP contribution in [-0.2, 0) is 14.3 Å². The molecule has 5 heteroatoms.